The summed E-state index contributed by atoms with van der Waals surface area (Å²) in [7, 11) is 0. The minimum absolute atomic E-state index is 0.142. The van der Waals surface area contributed by atoms with Crippen molar-refractivity contribution in [1.29, 1.82) is 0 Å². The van der Waals surface area contributed by atoms with E-state index in [1.165, 1.54) is 24.3 Å². The predicted molar refractivity (Wildman–Crippen MR) is 77.6 cm³/mol. The first kappa shape index (κ1) is 14.3. The lowest BCUT2D eigenvalue weighted by molar-refractivity contribution is 0.0694. The molecule has 0 aliphatic carbocycles. The number of aromatic carboxylic acids is 1. The van der Waals surface area contributed by atoms with Crippen LogP contribution in [-0.2, 0) is 0 Å². The average Bonchev–Trinajstić information content (AvgIpc) is 2.45. The Hall–Kier alpha value is -3.15. The summed E-state index contributed by atoms with van der Waals surface area (Å²) in [5.41, 5.74) is 0.357. The minimum Gasteiger partial charge on any atom is -0.508 e. The van der Waals surface area contributed by atoms with Crippen molar-refractivity contribution in [3.05, 3.63) is 58.0 Å². The lowest BCUT2D eigenvalue weighted by Gasteiger charge is -2.03. The molecule has 3 N–H and O–H groups in total. The third kappa shape index (κ3) is 3.24. The summed E-state index contributed by atoms with van der Waals surface area (Å²) >= 11 is 0. The molecule has 6 nitrogen and oxygen atoms in total. The first-order chi connectivity index (χ1) is 10.0. The van der Waals surface area contributed by atoms with Gasteiger partial charge in [0, 0.05) is 0 Å². The fraction of sp³-hybridized carbons (Fsp3) is 0. The highest BCUT2D eigenvalue weighted by Crippen LogP contribution is 2.30. The molecule has 0 aromatic heterocycles. The Morgan fingerprint density at radius 1 is 1.00 bits per heavy atom. The minimum atomic E-state index is -1.42. The molecule has 0 spiro atoms. The van der Waals surface area contributed by atoms with E-state index in [1.54, 1.807) is 24.3 Å². The number of carboxylic acids is 1. The lowest BCUT2D eigenvalue weighted by atomic mass is 10.1. The number of hydrogen-bond donors (Lipinski definition) is 3. The quantitative estimate of drug-likeness (QED) is 0.589. The first-order valence-electron chi connectivity index (χ1n) is 5.92. The van der Waals surface area contributed by atoms with Gasteiger partial charge >= 0.3 is 5.97 Å². The van der Waals surface area contributed by atoms with Gasteiger partial charge in [-0.15, -0.1) is 4.91 Å². The highest BCUT2D eigenvalue weighted by Gasteiger charge is 2.17. The van der Waals surface area contributed by atoms with E-state index >= 15 is 0 Å². The average molecular weight is 285 g/mol. The molecule has 2 aromatic carbocycles. The van der Waals surface area contributed by atoms with E-state index in [4.69, 9.17) is 10.2 Å². The van der Waals surface area contributed by atoms with Crippen molar-refractivity contribution in [3.63, 3.8) is 0 Å². The zero-order valence-corrected chi connectivity index (χ0v) is 10.7. The van der Waals surface area contributed by atoms with Gasteiger partial charge in [-0.3, -0.25) is 0 Å². The van der Waals surface area contributed by atoms with Crippen LogP contribution in [0.15, 0.2) is 41.6 Å². The summed E-state index contributed by atoms with van der Waals surface area (Å²) in [6.07, 6.45) is 3.27. The molecule has 0 radical (unpaired) electrons. The third-order valence-electron chi connectivity index (χ3n) is 2.79. The summed E-state index contributed by atoms with van der Waals surface area (Å²) in [5.74, 6) is -1.80. The number of aromatic hydroxyl groups is 2. The molecule has 0 saturated carbocycles. The predicted octanol–water partition coefficient (Wildman–Crippen LogP) is 3.36. The number of carbonyl (C=O) groups is 1. The first-order valence-corrected chi connectivity index (χ1v) is 5.92. The van der Waals surface area contributed by atoms with E-state index in [2.05, 4.69) is 5.18 Å². The van der Waals surface area contributed by atoms with Gasteiger partial charge in [0.1, 0.15) is 22.7 Å². The molecule has 21 heavy (non-hydrogen) atoms. The SMILES string of the molecule is O=Nc1cc(/C=C/c2ccc(O)cc2)cc(O)c1C(=O)O. The molecule has 0 saturated heterocycles. The van der Waals surface area contributed by atoms with Gasteiger partial charge in [-0.1, -0.05) is 24.3 Å². The van der Waals surface area contributed by atoms with Crippen LogP contribution in [0, 0.1) is 4.91 Å². The summed E-state index contributed by atoms with van der Waals surface area (Å²) < 4.78 is 0. The van der Waals surface area contributed by atoms with E-state index in [1.807, 2.05) is 0 Å². The number of hydrogen-bond acceptors (Lipinski definition) is 5. The Labute approximate surface area is 119 Å². The molecular weight excluding hydrogens is 274 g/mol. The van der Waals surface area contributed by atoms with Crippen LogP contribution in [0.3, 0.4) is 0 Å². The Kier molecular flexibility index (Phi) is 3.99. The Balaban J connectivity index is 2.37. The van der Waals surface area contributed by atoms with Gasteiger partial charge in [-0.2, -0.15) is 0 Å². The molecule has 0 unspecified atom stereocenters. The van der Waals surface area contributed by atoms with Crippen molar-refractivity contribution in [1.82, 2.24) is 0 Å². The number of phenolic OH excluding ortho intramolecular Hbond substituents is 1. The zero-order chi connectivity index (χ0) is 15.4. The van der Waals surface area contributed by atoms with E-state index in [9.17, 15) is 14.8 Å². The van der Waals surface area contributed by atoms with Gasteiger partial charge in [0.2, 0.25) is 0 Å². The van der Waals surface area contributed by atoms with Crippen LogP contribution in [-0.4, -0.2) is 21.3 Å². The molecular formula is C15H11NO5. The number of nitrogens with zero attached hydrogens (tertiary/aromatic N) is 1. The van der Waals surface area contributed by atoms with Crippen LogP contribution in [0.25, 0.3) is 12.2 Å². The second-order valence-corrected chi connectivity index (χ2v) is 4.26. The smallest absolute Gasteiger partial charge is 0.341 e. The number of rotatable bonds is 4. The summed E-state index contributed by atoms with van der Waals surface area (Å²) in [4.78, 5) is 21.6. The highest BCUT2D eigenvalue weighted by atomic mass is 16.4. The normalized spacial score (nSPS) is 10.7. The molecule has 0 heterocycles. The third-order valence-corrected chi connectivity index (χ3v) is 2.79. The maximum Gasteiger partial charge on any atom is 0.341 e. The molecule has 0 amide bonds. The van der Waals surface area contributed by atoms with Crippen molar-refractivity contribution >= 4 is 23.8 Å². The van der Waals surface area contributed by atoms with Crippen LogP contribution in [0.4, 0.5) is 5.69 Å². The van der Waals surface area contributed by atoms with Crippen molar-refractivity contribution < 1.29 is 20.1 Å². The fourth-order valence-electron chi connectivity index (χ4n) is 1.80. The largest absolute Gasteiger partial charge is 0.508 e. The van der Waals surface area contributed by atoms with Crippen LogP contribution in [0.5, 0.6) is 11.5 Å². The maximum atomic E-state index is 10.9. The second kappa shape index (κ2) is 5.87. The number of benzene rings is 2. The fourth-order valence-corrected chi connectivity index (χ4v) is 1.80. The van der Waals surface area contributed by atoms with Gasteiger partial charge < -0.3 is 15.3 Å². The van der Waals surface area contributed by atoms with Crippen LogP contribution >= 0.6 is 0 Å². The zero-order valence-electron chi connectivity index (χ0n) is 10.7. The van der Waals surface area contributed by atoms with E-state index in [0.717, 1.165) is 5.56 Å². The van der Waals surface area contributed by atoms with Gasteiger partial charge in [0.15, 0.2) is 0 Å². The van der Waals surface area contributed by atoms with Crippen LogP contribution < -0.4 is 0 Å². The molecule has 2 rings (SSSR count). The molecule has 2 aromatic rings. The Bertz CT molecular complexity index is 720. The van der Waals surface area contributed by atoms with Gasteiger partial charge in [-0.05, 0) is 40.6 Å². The molecule has 6 heteroatoms. The molecule has 106 valence electrons. The summed E-state index contributed by atoms with van der Waals surface area (Å²) in [5, 5.41) is 30.4. The molecule has 0 fully saturated rings. The highest BCUT2D eigenvalue weighted by molar-refractivity contribution is 5.97. The van der Waals surface area contributed by atoms with Crippen molar-refractivity contribution in [2.45, 2.75) is 0 Å². The van der Waals surface area contributed by atoms with Gasteiger partial charge in [-0.25, -0.2) is 4.79 Å². The van der Waals surface area contributed by atoms with E-state index in [0.29, 0.717) is 5.56 Å². The second-order valence-electron chi connectivity index (χ2n) is 4.26. The standard InChI is InChI=1S/C15H11NO5/c17-11-5-3-9(4-6-11)1-2-10-7-12(16-21)14(15(19)20)13(18)8-10/h1-8,17-18H,(H,19,20)/b2-1+. The monoisotopic (exact) mass is 285 g/mol. The van der Waals surface area contributed by atoms with Crippen LogP contribution in [0.2, 0.25) is 0 Å². The topological polar surface area (TPSA) is 107 Å². The van der Waals surface area contributed by atoms with Gasteiger partial charge in [0.05, 0.1) is 0 Å². The number of nitroso groups, excluding NO2 is 1. The molecule has 0 aliphatic rings. The maximum absolute atomic E-state index is 10.9. The van der Waals surface area contributed by atoms with E-state index in [-0.39, 0.29) is 11.4 Å². The lowest BCUT2D eigenvalue weighted by Crippen LogP contribution is -1.97. The molecule has 0 bridgehead atoms. The number of phenols is 2. The Morgan fingerprint density at radius 2 is 1.62 bits per heavy atom. The van der Waals surface area contributed by atoms with Gasteiger partial charge in [0.25, 0.3) is 0 Å². The van der Waals surface area contributed by atoms with Crippen molar-refractivity contribution in [3.8, 4) is 11.5 Å². The summed E-state index contributed by atoms with van der Waals surface area (Å²) in [6, 6.07) is 8.89. The van der Waals surface area contributed by atoms with E-state index < -0.39 is 17.3 Å². The van der Waals surface area contributed by atoms with Crippen molar-refractivity contribution in [2.24, 2.45) is 5.18 Å². The van der Waals surface area contributed by atoms with Crippen LogP contribution in [0.1, 0.15) is 21.5 Å². The molecule has 0 atom stereocenters. The molecule has 0 aliphatic heterocycles. The number of carboxylic acid groups (broad SMARTS) is 1. The summed E-state index contributed by atoms with van der Waals surface area (Å²) in [6.45, 7) is 0. The van der Waals surface area contributed by atoms with Crippen molar-refractivity contribution in [2.75, 3.05) is 0 Å². The Morgan fingerprint density at radius 3 is 2.19 bits per heavy atom.